The molecule has 18 heavy (non-hydrogen) atoms. The van der Waals surface area contributed by atoms with Crippen LogP contribution in [0.4, 0.5) is 0 Å². The number of fused-ring (bicyclic) bond motifs is 1. The first-order valence-electron chi connectivity index (χ1n) is 6.76. The third-order valence-corrected chi connectivity index (χ3v) is 4.13. The second-order valence-corrected chi connectivity index (χ2v) is 6.15. The molecule has 2 atom stereocenters. The number of halogens is 1. The molecular weight excluding hydrogens is 244 g/mol. The van der Waals surface area contributed by atoms with Crippen molar-refractivity contribution in [1.82, 2.24) is 9.55 Å². The fraction of sp³-hybridized carbons (Fsp3) is 0.533. The average Bonchev–Trinajstić information content (AvgIpc) is 3.13. The van der Waals surface area contributed by atoms with Crippen molar-refractivity contribution in [1.29, 1.82) is 0 Å². The van der Waals surface area contributed by atoms with Gasteiger partial charge >= 0.3 is 0 Å². The maximum Gasteiger partial charge on any atom is 0.127 e. The van der Waals surface area contributed by atoms with Crippen LogP contribution in [0, 0.1) is 11.8 Å². The largest absolute Gasteiger partial charge is 0.326 e. The quantitative estimate of drug-likeness (QED) is 0.748. The SMILES string of the molecule is CC(Cl)c1nc2ccccc2n1CC(C)C1CC1. The standard InChI is InChI=1S/C15H19ClN2/c1-10(12-7-8-12)9-18-14-6-4-3-5-13(14)17-15(18)11(2)16/h3-6,10-12H,7-9H2,1-2H3. The molecule has 0 saturated heterocycles. The smallest absolute Gasteiger partial charge is 0.127 e. The van der Waals surface area contributed by atoms with E-state index in [1.807, 2.05) is 13.0 Å². The molecule has 0 bridgehead atoms. The Morgan fingerprint density at radius 2 is 2.06 bits per heavy atom. The molecule has 1 aromatic heterocycles. The van der Waals surface area contributed by atoms with Gasteiger partial charge < -0.3 is 4.57 Å². The van der Waals surface area contributed by atoms with Crippen molar-refractivity contribution in [3.05, 3.63) is 30.1 Å². The first-order valence-corrected chi connectivity index (χ1v) is 7.19. The summed E-state index contributed by atoms with van der Waals surface area (Å²) in [5.74, 6) is 2.63. The fourth-order valence-electron chi connectivity index (χ4n) is 2.69. The Kier molecular flexibility index (Phi) is 3.06. The molecule has 0 spiro atoms. The Labute approximate surface area is 113 Å². The molecule has 0 N–H and O–H groups in total. The molecule has 1 aliphatic rings. The maximum atomic E-state index is 6.28. The van der Waals surface area contributed by atoms with Crippen molar-refractivity contribution < 1.29 is 0 Å². The van der Waals surface area contributed by atoms with Gasteiger partial charge in [0.2, 0.25) is 0 Å². The first-order chi connectivity index (χ1) is 8.66. The number of hydrogen-bond donors (Lipinski definition) is 0. The third kappa shape index (κ3) is 2.14. The van der Waals surface area contributed by atoms with E-state index in [-0.39, 0.29) is 5.38 Å². The van der Waals surface area contributed by atoms with E-state index < -0.39 is 0 Å². The summed E-state index contributed by atoms with van der Waals surface area (Å²) in [5, 5.41) is -0.0381. The second-order valence-electron chi connectivity index (χ2n) is 5.50. The minimum absolute atomic E-state index is 0.0381. The highest BCUT2D eigenvalue weighted by Crippen LogP contribution is 2.38. The van der Waals surface area contributed by atoms with Crippen LogP contribution in [0.25, 0.3) is 11.0 Å². The van der Waals surface area contributed by atoms with Crippen LogP contribution in [0.5, 0.6) is 0 Å². The number of alkyl halides is 1. The van der Waals surface area contributed by atoms with Gasteiger partial charge in [-0.1, -0.05) is 19.1 Å². The first kappa shape index (κ1) is 12.0. The van der Waals surface area contributed by atoms with E-state index in [0.29, 0.717) is 0 Å². The molecule has 2 aromatic rings. The lowest BCUT2D eigenvalue weighted by molar-refractivity contribution is 0.428. The number of nitrogens with zero attached hydrogens (tertiary/aromatic N) is 2. The molecule has 3 rings (SSSR count). The number of benzene rings is 1. The predicted octanol–water partition coefficient (Wildman–Crippen LogP) is 4.38. The summed E-state index contributed by atoms with van der Waals surface area (Å²) >= 11 is 6.28. The van der Waals surface area contributed by atoms with Crippen LogP contribution in [0.15, 0.2) is 24.3 Å². The van der Waals surface area contributed by atoms with Gasteiger partial charge in [-0.15, -0.1) is 11.6 Å². The molecule has 0 aliphatic heterocycles. The number of para-hydroxylation sites is 2. The van der Waals surface area contributed by atoms with Gasteiger partial charge in [0.15, 0.2) is 0 Å². The molecule has 1 fully saturated rings. The van der Waals surface area contributed by atoms with Gasteiger partial charge in [-0.25, -0.2) is 4.98 Å². The fourth-order valence-corrected chi connectivity index (χ4v) is 2.86. The van der Waals surface area contributed by atoms with E-state index in [1.54, 1.807) is 0 Å². The van der Waals surface area contributed by atoms with Crippen molar-refractivity contribution in [2.45, 2.75) is 38.6 Å². The van der Waals surface area contributed by atoms with Crippen LogP contribution in [0.1, 0.15) is 37.9 Å². The highest BCUT2D eigenvalue weighted by atomic mass is 35.5. The normalized spacial score (nSPS) is 19.1. The zero-order valence-corrected chi connectivity index (χ0v) is 11.7. The summed E-state index contributed by atoms with van der Waals surface area (Å²) in [4.78, 5) is 4.68. The van der Waals surface area contributed by atoms with E-state index in [0.717, 1.165) is 29.7 Å². The average molecular weight is 263 g/mol. The molecule has 1 aromatic carbocycles. The van der Waals surface area contributed by atoms with E-state index in [2.05, 4.69) is 34.7 Å². The van der Waals surface area contributed by atoms with Gasteiger partial charge in [0, 0.05) is 6.54 Å². The Hall–Kier alpha value is -1.02. The minimum Gasteiger partial charge on any atom is -0.326 e. The molecule has 2 unspecified atom stereocenters. The van der Waals surface area contributed by atoms with Crippen molar-refractivity contribution in [3.8, 4) is 0 Å². The van der Waals surface area contributed by atoms with Crippen LogP contribution in [0.3, 0.4) is 0 Å². The zero-order valence-electron chi connectivity index (χ0n) is 10.9. The van der Waals surface area contributed by atoms with E-state index in [9.17, 15) is 0 Å². The number of rotatable bonds is 4. The lowest BCUT2D eigenvalue weighted by Crippen LogP contribution is -2.12. The molecule has 0 radical (unpaired) electrons. The van der Waals surface area contributed by atoms with Crippen LogP contribution in [-0.4, -0.2) is 9.55 Å². The van der Waals surface area contributed by atoms with Gasteiger partial charge in [-0.2, -0.15) is 0 Å². The molecule has 1 aliphatic carbocycles. The van der Waals surface area contributed by atoms with Crippen molar-refractivity contribution >= 4 is 22.6 Å². The molecule has 0 amide bonds. The van der Waals surface area contributed by atoms with Gasteiger partial charge in [0.05, 0.1) is 16.4 Å². The summed E-state index contributed by atoms with van der Waals surface area (Å²) in [5.41, 5.74) is 2.27. The van der Waals surface area contributed by atoms with Crippen LogP contribution in [0.2, 0.25) is 0 Å². The molecule has 2 nitrogen and oxygen atoms in total. The topological polar surface area (TPSA) is 17.8 Å². The summed E-state index contributed by atoms with van der Waals surface area (Å²) in [6.45, 7) is 5.38. The van der Waals surface area contributed by atoms with Crippen molar-refractivity contribution in [2.24, 2.45) is 11.8 Å². The monoisotopic (exact) mass is 262 g/mol. The summed E-state index contributed by atoms with van der Waals surface area (Å²) in [7, 11) is 0. The van der Waals surface area contributed by atoms with Crippen LogP contribution < -0.4 is 0 Å². The molecule has 96 valence electrons. The Morgan fingerprint density at radius 3 is 2.72 bits per heavy atom. The zero-order chi connectivity index (χ0) is 12.7. The summed E-state index contributed by atoms with van der Waals surface area (Å²) in [6.07, 6.45) is 2.78. The molecule has 1 heterocycles. The van der Waals surface area contributed by atoms with Crippen molar-refractivity contribution in [3.63, 3.8) is 0 Å². The summed E-state index contributed by atoms with van der Waals surface area (Å²) in [6, 6.07) is 8.32. The van der Waals surface area contributed by atoms with E-state index in [1.165, 1.54) is 18.4 Å². The number of aromatic nitrogens is 2. The Bertz CT molecular complexity index is 555. The predicted molar refractivity (Wildman–Crippen MR) is 75.9 cm³/mol. The van der Waals surface area contributed by atoms with E-state index >= 15 is 0 Å². The summed E-state index contributed by atoms with van der Waals surface area (Å²) < 4.78 is 2.32. The van der Waals surface area contributed by atoms with Gasteiger partial charge in [0.25, 0.3) is 0 Å². The number of imidazole rings is 1. The van der Waals surface area contributed by atoms with Crippen molar-refractivity contribution in [2.75, 3.05) is 0 Å². The van der Waals surface area contributed by atoms with Crippen LogP contribution in [-0.2, 0) is 6.54 Å². The molecular formula is C15H19ClN2. The van der Waals surface area contributed by atoms with Crippen LogP contribution >= 0.6 is 11.6 Å². The molecule has 3 heteroatoms. The lowest BCUT2D eigenvalue weighted by Gasteiger charge is -2.15. The maximum absolute atomic E-state index is 6.28. The minimum atomic E-state index is -0.0381. The second kappa shape index (κ2) is 4.58. The van der Waals surface area contributed by atoms with E-state index in [4.69, 9.17) is 11.6 Å². The Morgan fingerprint density at radius 1 is 1.33 bits per heavy atom. The number of hydrogen-bond acceptors (Lipinski definition) is 1. The van der Waals surface area contributed by atoms with Gasteiger partial charge in [-0.3, -0.25) is 0 Å². The van der Waals surface area contributed by atoms with Gasteiger partial charge in [-0.05, 0) is 43.7 Å². The highest BCUT2D eigenvalue weighted by molar-refractivity contribution is 6.20. The Balaban J connectivity index is 2.02. The highest BCUT2D eigenvalue weighted by Gasteiger charge is 2.29. The lowest BCUT2D eigenvalue weighted by atomic mass is 10.1. The third-order valence-electron chi connectivity index (χ3n) is 3.94. The molecule has 1 saturated carbocycles. The van der Waals surface area contributed by atoms with Gasteiger partial charge in [0.1, 0.15) is 5.82 Å².